The number of halogens is 2. The molecule has 0 aliphatic rings. The Hall–Kier alpha value is -0.460. The summed E-state index contributed by atoms with van der Waals surface area (Å²) in [5.74, 6) is -0.806. The van der Waals surface area contributed by atoms with Crippen molar-refractivity contribution in [1.29, 1.82) is 0 Å². The fourth-order valence-electron chi connectivity index (χ4n) is 1.53. The number of rotatable bonds is 6. The van der Waals surface area contributed by atoms with Gasteiger partial charge in [0.05, 0.1) is 6.54 Å². The molecule has 1 aromatic rings. The van der Waals surface area contributed by atoms with E-state index in [1.807, 2.05) is 11.8 Å². The van der Waals surface area contributed by atoms with Crippen molar-refractivity contribution >= 4 is 37.8 Å². The van der Waals surface area contributed by atoms with Crippen molar-refractivity contribution in [1.82, 2.24) is 9.88 Å². The van der Waals surface area contributed by atoms with Crippen molar-refractivity contribution in [3.63, 3.8) is 0 Å². The van der Waals surface area contributed by atoms with Gasteiger partial charge in [-0.15, -0.1) is 0 Å². The van der Waals surface area contributed by atoms with Crippen LogP contribution in [0.5, 0.6) is 0 Å². The largest absolute Gasteiger partial charge is 0.480 e. The molecule has 0 atom stereocenters. The van der Waals surface area contributed by atoms with E-state index in [-0.39, 0.29) is 6.54 Å². The number of aliphatic carboxylic acids is 1. The highest BCUT2D eigenvalue weighted by Crippen LogP contribution is 2.25. The van der Waals surface area contributed by atoms with Crippen LogP contribution in [0.3, 0.4) is 0 Å². The van der Waals surface area contributed by atoms with Gasteiger partial charge in [-0.25, -0.2) is 0 Å². The second-order valence-electron chi connectivity index (χ2n) is 3.69. The standard InChI is InChI=1S/C11H14Br2N2O2/c1-2-3-15(7-11(16)17)6-8-9(12)4-14-5-10(8)13/h4-5H,2-3,6-7H2,1H3,(H,16,17). The van der Waals surface area contributed by atoms with Crippen molar-refractivity contribution in [3.05, 3.63) is 26.9 Å². The van der Waals surface area contributed by atoms with E-state index < -0.39 is 5.97 Å². The molecule has 4 nitrogen and oxygen atoms in total. The molecule has 0 aliphatic heterocycles. The van der Waals surface area contributed by atoms with Crippen molar-refractivity contribution in [2.24, 2.45) is 0 Å². The van der Waals surface area contributed by atoms with Gasteiger partial charge in [-0.3, -0.25) is 14.7 Å². The van der Waals surface area contributed by atoms with E-state index in [2.05, 4.69) is 36.8 Å². The topological polar surface area (TPSA) is 53.4 Å². The zero-order valence-corrected chi connectivity index (χ0v) is 12.7. The Labute approximate surface area is 117 Å². The Balaban J connectivity index is 2.81. The molecule has 6 heteroatoms. The molecule has 94 valence electrons. The van der Waals surface area contributed by atoms with Crippen LogP contribution < -0.4 is 0 Å². The summed E-state index contributed by atoms with van der Waals surface area (Å²) in [6.07, 6.45) is 4.35. The summed E-state index contributed by atoms with van der Waals surface area (Å²) < 4.78 is 1.77. The average Bonchev–Trinajstić information content (AvgIpc) is 2.23. The van der Waals surface area contributed by atoms with Gasteiger partial charge in [0.25, 0.3) is 0 Å². The molecule has 0 fully saturated rings. The summed E-state index contributed by atoms with van der Waals surface area (Å²) >= 11 is 6.85. The van der Waals surface area contributed by atoms with E-state index in [9.17, 15) is 4.79 Å². The molecule has 17 heavy (non-hydrogen) atoms. The van der Waals surface area contributed by atoms with E-state index in [0.717, 1.165) is 27.5 Å². The van der Waals surface area contributed by atoms with Gasteiger partial charge in [-0.05, 0) is 50.4 Å². The van der Waals surface area contributed by atoms with Gasteiger partial charge in [0.2, 0.25) is 0 Å². The first-order valence-corrected chi connectivity index (χ1v) is 6.85. The molecular weight excluding hydrogens is 352 g/mol. The van der Waals surface area contributed by atoms with Gasteiger partial charge in [0.15, 0.2) is 0 Å². The maximum atomic E-state index is 10.8. The molecule has 1 heterocycles. The van der Waals surface area contributed by atoms with Crippen molar-refractivity contribution in [2.75, 3.05) is 13.1 Å². The smallest absolute Gasteiger partial charge is 0.317 e. The highest BCUT2D eigenvalue weighted by atomic mass is 79.9. The summed E-state index contributed by atoms with van der Waals surface area (Å²) in [7, 11) is 0. The molecule has 0 saturated carbocycles. The van der Waals surface area contributed by atoms with Gasteiger partial charge in [0, 0.05) is 27.9 Å². The first-order valence-electron chi connectivity index (χ1n) is 5.26. The third kappa shape index (κ3) is 4.73. The van der Waals surface area contributed by atoms with Gasteiger partial charge in [-0.2, -0.15) is 0 Å². The Kier molecular flexibility index (Phi) is 6.08. The minimum atomic E-state index is -0.806. The lowest BCUT2D eigenvalue weighted by Crippen LogP contribution is -2.30. The third-order valence-corrected chi connectivity index (χ3v) is 3.60. The number of carboxylic acids is 1. The number of carboxylic acid groups (broad SMARTS) is 1. The second-order valence-corrected chi connectivity index (χ2v) is 5.39. The molecular formula is C11H14Br2N2O2. The molecule has 0 bridgehead atoms. The predicted octanol–water partition coefficient (Wildman–Crippen LogP) is 2.90. The lowest BCUT2D eigenvalue weighted by molar-refractivity contribution is -0.138. The van der Waals surface area contributed by atoms with Crippen LogP contribution >= 0.6 is 31.9 Å². The lowest BCUT2D eigenvalue weighted by atomic mass is 10.2. The minimum Gasteiger partial charge on any atom is -0.480 e. The van der Waals surface area contributed by atoms with Crippen molar-refractivity contribution in [3.8, 4) is 0 Å². The van der Waals surface area contributed by atoms with E-state index in [4.69, 9.17) is 5.11 Å². The molecule has 0 unspecified atom stereocenters. The van der Waals surface area contributed by atoms with E-state index >= 15 is 0 Å². The van der Waals surface area contributed by atoms with E-state index in [1.165, 1.54) is 0 Å². The number of aromatic nitrogens is 1. The predicted molar refractivity (Wildman–Crippen MR) is 72.8 cm³/mol. The minimum absolute atomic E-state index is 0.0506. The van der Waals surface area contributed by atoms with Gasteiger partial charge in [-0.1, -0.05) is 6.92 Å². The molecule has 1 aromatic heterocycles. The summed E-state index contributed by atoms with van der Waals surface area (Å²) in [5.41, 5.74) is 1.02. The summed E-state index contributed by atoms with van der Waals surface area (Å²) in [6, 6.07) is 0. The summed E-state index contributed by atoms with van der Waals surface area (Å²) in [4.78, 5) is 16.7. The van der Waals surface area contributed by atoms with E-state index in [1.54, 1.807) is 12.4 Å². The van der Waals surface area contributed by atoms with Crippen molar-refractivity contribution < 1.29 is 9.90 Å². The highest BCUT2D eigenvalue weighted by Gasteiger charge is 2.13. The van der Waals surface area contributed by atoms with Crippen LogP contribution in [-0.4, -0.2) is 34.0 Å². The quantitative estimate of drug-likeness (QED) is 0.842. The molecule has 0 amide bonds. The number of hydrogen-bond acceptors (Lipinski definition) is 3. The highest BCUT2D eigenvalue weighted by molar-refractivity contribution is 9.11. The molecule has 0 aromatic carbocycles. The van der Waals surface area contributed by atoms with Crippen LogP contribution in [0.4, 0.5) is 0 Å². The summed E-state index contributed by atoms with van der Waals surface area (Å²) in [5, 5.41) is 8.85. The maximum absolute atomic E-state index is 10.8. The Morgan fingerprint density at radius 3 is 2.47 bits per heavy atom. The maximum Gasteiger partial charge on any atom is 0.317 e. The van der Waals surface area contributed by atoms with Crippen LogP contribution in [0.25, 0.3) is 0 Å². The molecule has 0 spiro atoms. The van der Waals surface area contributed by atoms with Crippen LogP contribution in [0.2, 0.25) is 0 Å². The van der Waals surface area contributed by atoms with Crippen LogP contribution in [0, 0.1) is 0 Å². The fraction of sp³-hybridized carbons (Fsp3) is 0.455. The molecule has 1 N–H and O–H groups in total. The first kappa shape index (κ1) is 14.6. The normalized spacial score (nSPS) is 10.8. The Morgan fingerprint density at radius 2 is 2.00 bits per heavy atom. The molecule has 0 aliphatic carbocycles. The molecule has 1 rings (SSSR count). The number of hydrogen-bond donors (Lipinski definition) is 1. The monoisotopic (exact) mass is 364 g/mol. The van der Waals surface area contributed by atoms with Gasteiger partial charge in [0.1, 0.15) is 0 Å². The second kappa shape index (κ2) is 7.08. The van der Waals surface area contributed by atoms with Crippen molar-refractivity contribution in [2.45, 2.75) is 19.9 Å². The fourth-order valence-corrected chi connectivity index (χ4v) is 2.71. The average molecular weight is 366 g/mol. The number of nitrogens with zero attached hydrogens (tertiary/aromatic N) is 2. The lowest BCUT2D eigenvalue weighted by Gasteiger charge is -2.20. The van der Waals surface area contributed by atoms with Crippen LogP contribution in [0.1, 0.15) is 18.9 Å². The van der Waals surface area contributed by atoms with Gasteiger partial charge < -0.3 is 5.11 Å². The van der Waals surface area contributed by atoms with Crippen LogP contribution in [0.15, 0.2) is 21.3 Å². The molecule has 0 radical (unpaired) electrons. The molecule has 0 saturated heterocycles. The first-order chi connectivity index (χ1) is 8.04. The summed E-state index contributed by atoms with van der Waals surface area (Å²) in [6.45, 7) is 3.43. The van der Waals surface area contributed by atoms with Gasteiger partial charge >= 0.3 is 5.97 Å². The zero-order valence-electron chi connectivity index (χ0n) is 9.49. The number of carbonyl (C=O) groups is 1. The van der Waals surface area contributed by atoms with Crippen LogP contribution in [-0.2, 0) is 11.3 Å². The third-order valence-electron chi connectivity index (χ3n) is 2.23. The Bertz CT molecular complexity index is 379. The number of pyridine rings is 1. The SMILES string of the molecule is CCCN(CC(=O)O)Cc1c(Br)cncc1Br. The zero-order chi connectivity index (χ0) is 12.8. The Morgan fingerprint density at radius 1 is 1.41 bits per heavy atom. The van der Waals surface area contributed by atoms with E-state index in [0.29, 0.717) is 6.54 Å².